The highest BCUT2D eigenvalue weighted by molar-refractivity contribution is 6.33. The molecule has 4 heteroatoms. The average molecular weight is 175 g/mol. The van der Waals surface area contributed by atoms with E-state index in [-0.39, 0.29) is 16.3 Å². The van der Waals surface area contributed by atoms with Crippen molar-refractivity contribution in [3.63, 3.8) is 0 Å². The van der Waals surface area contributed by atoms with E-state index in [0.29, 0.717) is 0 Å². The Kier molecular flexibility index (Phi) is 1.24. The van der Waals surface area contributed by atoms with Gasteiger partial charge in [0, 0.05) is 16.0 Å². The highest BCUT2D eigenvalue weighted by atomic mass is 35.5. The molecule has 1 heterocycles. The molecule has 0 spiro atoms. The lowest BCUT2D eigenvalue weighted by Gasteiger charge is -1.97. The predicted octanol–water partition coefficient (Wildman–Crippen LogP) is 1.74. The van der Waals surface area contributed by atoms with Gasteiger partial charge in [-0.1, -0.05) is 11.6 Å². The number of aromatic carboxylic acids is 1. The number of hydrogen-bond acceptors (Lipinski definition) is 2. The lowest BCUT2D eigenvalue weighted by atomic mass is 10.2. The summed E-state index contributed by atoms with van der Waals surface area (Å²) < 4.78 is 21.0. The minimum Gasteiger partial charge on any atom is -0.478 e. The first-order valence-corrected chi connectivity index (χ1v) is 3.09. The first-order valence-electron chi connectivity index (χ1n) is 4.21. The Morgan fingerprint density at radius 3 is 3.09 bits per heavy atom. The summed E-state index contributed by atoms with van der Waals surface area (Å²) in [5.74, 6) is -1.24. The number of carbonyl (C=O) groups is 1. The van der Waals surface area contributed by atoms with Crippen molar-refractivity contribution < 1.29 is 14.0 Å². The number of rotatable bonds is 1. The van der Waals surface area contributed by atoms with E-state index in [1.165, 1.54) is 0 Å². The fraction of sp³-hybridized carbons (Fsp3) is 0.143. The molecule has 1 aromatic rings. The number of halogens is 1. The second-order valence-corrected chi connectivity index (χ2v) is 2.26. The van der Waals surface area contributed by atoms with Gasteiger partial charge in [-0.2, -0.15) is 0 Å². The van der Waals surface area contributed by atoms with Crippen LogP contribution in [0.15, 0.2) is 12.3 Å². The van der Waals surface area contributed by atoms with Gasteiger partial charge >= 0.3 is 5.97 Å². The summed E-state index contributed by atoms with van der Waals surface area (Å²) in [6.07, 6.45) is 0.937. The Morgan fingerprint density at radius 2 is 2.64 bits per heavy atom. The molecule has 11 heavy (non-hydrogen) atoms. The molecule has 0 saturated carbocycles. The number of aromatic nitrogens is 1. The third kappa shape index (κ3) is 1.68. The normalized spacial score (nSPS) is 14.8. The Hall–Kier alpha value is -1.09. The number of carboxylic acid groups (broad SMARTS) is 1. The molecule has 0 aliphatic rings. The van der Waals surface area contributed by atoms with E-state index < -0.39 is 12.8 Å². The van der Waals surface area contributed by atoms with E-state index in [0.717, 1.165) is 12.3 Å². The van der Waals surface area contributed by atoms with Crippen molar-refractivity contribution >= 4 is 17.6 Å². The lowest BCUT2D eigenvalue weighted by molar-refractivity contribution is 0.0696. The van der Waals surface area contributed by atoms with Gasteiger partial charge in [-0.15, -0.1) is 0 Å². The molecule has 0 bridgehead atoms. The Bertz CT molecular complexity index is 378. The summed E-state index contributed by atoms with van der Waals surface area (Å²) in [6.45, 7) is -2.37. The molecule has 1 rings (SSSR count). The van der Waals surface area contributed by atoms with Gasteiger partial charge in [0.2, 0.25) is 0 Å². The van der Waals surface area contributed by atoms with E-state index >= 15 is 0 Å². The number of pyridine rings is 1. The molecule has 3 nitrogen and oxygen atoms in total. The van der Waals surface area contributed by atoms with Gasteiger partial charge in [0.05, 0.1) is 10.6 Å². The molecule has 0 atom stereocenters. The average Bonchev–Trinajstić information content (AvgIpc) is 2.01. The molecule has 0 saturated heterocycles. The lowest BCUT2D eigenvalue weighted by Crippen LogP contribution is -1.98. The Morgan fingerprint density at radius 1 is 1.91 bits per heavy atom. The summed E-state index contributed by atoms with van der Waals surface area (Å²) in [6, 6.07) is 1.04. The minimum atomic E-state index is -2.37. The van der Waals surface area contributed by atoms with Crippen LogP contribution >= 0.6 is 11.6 Å². The van der Waals surface area contributed by atoms with Crippen molar-refractivity contribution in [3.8, 4) is 0 Å². The molecule has 0 fully saturated rings. The summed E-state index contributed by atoms with van der Waals surface area (Å²) in [4.78, 5) is 14.0. The summed E-state index contributed by atoms with van der Waals surface area (Å²) >= 11 is 5.56. The highest BCUT2D eigenvalue weighted by Gasteiger charge is 2.07. The third-order valence-electron chi connectivity index (χ3n) is 1.08. The van der Waals surface area contributed by atoms with Crippen LogP contribution in [0.3, 0.4) is 0 Å². The fourth-order valence-corrected chi connectivity index (χ4v) is 0.821. The van der Waals surface area contributed by atoms with Crippen LogP contribution in [0.25, 0.3) is 0 Å². The summed E-state index contributed by atoms with van der Waals surface area (Å²) in [5.41, 5.74) is -0.424. The first-order chi connectivity index (χ1) is 6.32. The molecular formula is C7H6ClNO2. The van der Waals surface area contributed by atoms with E-state index in [2.05, 4.69) is 4.98 Å². The number of nitrogens with zero attached hydrogens (tertiary/aromatic N) is 1. The molecule has 0 unspecified atom stereocenters. The molecule has 58 valence electrons. The topological polar surface area (TPSA) is 50.2 Å². The van der Waals surface area contributed by atoms with E-state index in [1.807, 2.05) is 0 Å². The maximum absolute atomic E-state index is 10.5. The maximum Gasteiger partial charge on any atom is 0.338 e. The fourth-order valence-electron chi connectivity index (χ4n) is 0.588. The maximum atomic E-state index is 10.5. The molecule has 1 aromatic heterocycles. The van der Waals surface area contributed by atoms with Crippen LogP contribution in [0, 0.1) is 6.85 Å². The van der Waals surface area contributed by atoms with Crippen molar-refractivity contribution in [2.45, 2.75) is 6.85 Å². The van der Waals surface area contributed by atoms with Crippen molar-refractivity contribution in [1.82, 2.24) is 4.98 Å². The number of aryl methyl sites for hydroxylation is 1. The van der Waals surface area contributed by atoms with Crippen molar-refractivity contribution in [2.24, 2.45) is 0 Å². The van der Waals surface area contributed by atoms with Crippen LogP contribution < -0.4 is 0 Å². The van der Waals surface area contributed by atoms with Crippen LogP contribution in [-0.4, -0.2) is 16.1 Å². The van der Waals surface area contributed by atoms with Crippen LogP contribution in [0.2, 0.25) is 5.02 Å². The van der Waals surface area contributed by atoms with Crippen LogP contribution in [0.1, 0.15) is 20.2 Å². The van der Waals surface area contributed by atoms with E-state index in [9.17, 15) is 4.79 Å². The quantitative estimate of drug-likeness (QED) is 0.706. The first kappa shape index (κ1) is 4.72. The minimum absolute atomic E-state index is 0.126. The van der Waals surface area contributed by atoms with Gasteiger partial charge in [-0.05, 0) is 12.9 Å². The zero-order chi connectivity index (χ0) is 10.9. The standard InChI is InChI=1S/C7H6ClNO2/c1-4-2-6(8)5(3-9-4)7(10)11/h2-3H,1H3,(H,10,11)/i1D3. The molecule has 0 radical (unpaired) electrons. The number of hydrogen-bond donors (Lipinski definition) is 1. The van der Waals surface area contributed by atoms with E-state index in [1.54, 1.807) is 0 Å². The third-order valence-corrected chi connectivity index (χ3v) is 1.40. The second kappa shape index (κ2) is 2.88. The van der Waals surface area contributed by atoms with Crippen LogP contribution in [-0.2, 0) is 0 Å². The highest BCUT2D eigenvalue weighted by Crippen LogP contribution is 2.14. The largest absolute Gasteiger partial charge is 0.478 e. The molecule has 0 aromatic carbocycles. The second-order valence-electron chi connectivity index (χ2n) is 1.85. The van der Waals surface area contributed by atoms with Gasteiger partial charge in [-0.25, -0.2) is 4.79 Å². The Labute approximate surface area is 72.9 Å². The SMILES string of the molecule is [2H]C([2H])([2H])c1cc(Cl)c(C(=O)O)cn1. The molecule has 0 aliphatic carbocycles. The smallest absolute Gasteiger partial charge is 0.338 e. The Balaban J connectivity index is 3.20. The van der Waals surface area contributed by atoms with Gasteiger partial charge in [0.25, 0.3) is 0 Å². The van der Waals surface area contributed by atoms with Gasteiger partial charge in [-0.3, -0.25) is 4.98 Å². The zero-order valence-corrected chi connectivity index (χ0v) is 6.09. The summed E-state index contributed by atoms with van der Waals surface area (Å²) in [7, 11) is 0. The van der Waals surface area contributed by atoms with Gasteiger partial charge in [0.1, 0.15) is 0 Å². The van der Waals surface area contributed by atoms with Gasteiger partial charge < -0.3 is 5.11 Å². The van der Waals surface area contributed by atoms with Crippen molar-refractivity contribution in [2.75, 3.05) is 0 Å². The number of carboxylic acids is 1. The zero-order valence-electron chi connectivity index (χ0n) is 8.34. The van der Waals surface area contributed by atoms with Crippen molar-refractivity contribution in [1.29, 1.82) is 0 Å². The van der Waals surface area contributed by atoms with Crippen molar-refractivity contribution in [3.05, 3.63) is 28.5 Å². The molecule has 0 aliphatic heterocycles. The predicted molar refractivity (Wildman–Crippen MR) is 40.9 cm³/mol. The molecule has 1 N–H and O–H groups in total. The van der Waals surface area contributed by atoms with Gasteiger partial charge in [0.15, 0.2) is 0 Å². The summed E-state index contributed by atoms with van der Waals surface area (Å²) in [5, 5.41) is 8.47. The van der Waals surface area contributed by atoms with E-state index in [4.69, 9.17) is 20.8 Å². The van der Waals surface area contributed by atoms with Crippen LogP contribution in [0.4, 0.5) is 0 Å². The van der Waals surface area contributed by atoms with Crippen LogP contribution in [0.5, 0.6) is 0 Å². The molecule has 0 amide bonds. The monoisotopic (exact) mass is 174 g/mol. The molecular weight excluding hydrogens is 166 g/mol.